The zero-order valence-electron chi connectivity index (χ0n) is 15.1. The molecule has 3 aromatic carbocycles. The maximum absolute atomic E-state index is 12.3. The van der Waals surface area contributed by atoms with Gasteiger partial charge in [-0.25, -0.2) is 5.43 Å². The van der Waals surface area contributed by atoms with Crippen molar-refractivity contribution in [1.29, 1.82) is 0 Å². The third kappa shape index (κ3) is 5.28. The predicted molar refractivity (Wildman–Crippen MR) is 112 cm³/mol. The Morgan fingerprint density at radius 3 is 2.36 bits per heavy atom. The van der Waals surface area contributed by atoms with E-state index in [1.807, 2.05) is 31.2 Å². The van der Waals surface area contributed by atoms with Crippen LogP contribution in [0.25, 0.3) is 0 Å². The standard InChI is InChI=1S/C22H18ClN3O2/c1-15-4-2-6-18(12-15)21(27)25-20-10-8-17(9-11-20)22(28)26-24-14-16-5-3-7-19(23)13-16/h2-14H,1H3,(H,25,27)(H,26,28). The van der Waals surface area contributed by atoms with Gasteiger partial charge in [0, 0.05) is 21.8 Å². The molecule has 3 aromatic rings. The van der Waals surface area contributed by atoms with Crippen molar-refractivity contribution in [2.24, 2.45) is 5.10 Å². The summed E-state index contributed by atoms with van der Waals surface area (Å²) >= 11 is 5.90. The topological polar surface area (TPSA) is 70.6 Å². The Morgan fingerprint density at radius 2 is 1.64 bits per heavy atom. The SMILES string of the molecule is Cc1cccc(C(=O)Nc2ccc(C(=O)NN=Cc3cccc(Cl)c3)cc2)c1. The van der Waals surface area contributed by atoms with Crippen LogP contribution in [0, 0.1) is 6.92 Å². The van der Waals surface area contributed by atoms with Crippen molar-refractivity contribution in [2.45, 2.75) is 6.92 Å². The highest BCUT2D eigenvalue weighted by atomic mass is 35.5. The third-order valence-electron chi connectivity index (χ3n) is 3.91. The molecule has 0 saturated heterocycles. The minimum Gasteiger partial charge on any atom is -0.322 e. The molecule has 0 aliphatic carbocycles. The Labute approximate surface area is 168 Å². The Bertz CT molecular complexity index is 1030. The van der Waals surface area contributed by atoms with Crippen LogP contribution in [0.5, 0.6) is 0 Å². The molecule has 2 amide bonds. The molecule has 2 N–H and O–H groups in total. The Morgan fingerprint density at radius 1 is 0.893 bits per heavy atom. The summed E-state index contributed by atoms with van der Waals surface area (Å²) in [5, 5.41) is 7.33. The molecule has 0 aliphatic rings. The van der Waals surface area contributed by atoms with Crippen LogP contribution in [-0.4, -0.2) is 18.0 Å². The summed E-state index contributed by atoms with van der Waals surface area (Å²) in [4.78, 5) is 24.4. The summed E-state index contributed by atoms with van der Waals surface area (Å²) in [5.41, 5.74) is 5.86. The van der Waals surface area contributed by atoms with Gasteiger partial charge in [0.25, 0.3) is 11.8 Å². The van der Waals surface area contributed by atoms with Crippen molar-refractivity contribution in [3.8, 4) is 0 Å². The van der Waals surface area contributed by atoms with Crippen LogP contribution in [0.2, 0.25) is 5.02 Å². The zero-order chi connectivity index (χ0) is 19.9. The van der Waals surface area contributed by atoms with E-state index in [1.54, 1.807) is 48.5 Å². The number of nitrogens with one attached hydrogen (secondary N) is 2. The highest BCUT2D eigenvalue weighted by Gasteiger charge is 2.08. The molecule has 0 heterocycles. The molecular formula is C22H18ClN3O2. The third-order valence-corrected chi connectivity index (χ3v) is 4.15. The van der Waals surface area contributed by atoms with Crippen molar-refractivity contribution < 1.29 is 9.59 Å². The zero-order valence-corrected chi connectivity index (χ0v) is 15.9. The summed E-state index contributed by atoms with van der Waals surface area (Å²) in [6, 6.07) is 21.0. The molecule has 6 heteroatoms. The van der Waals surface area contributed by atoms with E-state index in [2.05, 4.69) is 15.8 Å². The molecule has 0 aliphatic heterocycles. The molecule has 0 radical (unpaired) electrons. The summed E-state index contributed by atoms with van der Waals surface area (Å²) in [6.45, 7) is 1.93. The van der Waals surface area contributed by atoms with Gasteiger partial charge in [-0.15, -0.1) is 0 Å². The number of rotatable bonds is 5. The normalized spacial score (nSPS) is 10.6. The van der Waals surface area contributed by atoms with Gasteiger partial charge in [-0.2, -0.15) is 5.10 Å². The van der Waals surface area contributed by atoms with Crippen LogP contribution in [0.4, 0.5) is 5.69 Å². The predicted octanol–water partition coefficient (Wildman–Crippen LogP) is 4.66. The Kier molecular flexibility index (Phi) is 6.19. The highest BCUT2D eigenvalue weighted by Crippen LogP contribution is 2.13. The first kappa shape index (κ1) is 19.3. The lowest BCUT2D eigenvalue weighted by Crippen LogP contribution is -2.17. The quantitative estimate of drug-likeness (QED) is 0.490. The molecule has 0 unspecified atom stereocenters. The molecule has 0 aromatic heterocycles. The molecule has 140 valence electrons. The van der Waals surface area contributed by atoms with E-state index in [-0.39, 0.29) is 11.8 Å². The first-order chi connectivity index (χ1) is 13.5. The first-order valence-electron chi connectivity index (χ1n) is 8.58. The fourth-order valence-electron chi connectivity index (χ4n) is 2.51. The van der Waals surface area contributed by atoms with Crippen LogP contribution in [-0.2, 0) is 0 Å². The van der Waals surface area contributed by atoms with Gasteiger partial charge in [-0.05, 0) is 61.0 Å². The minimum atomic E-state index is -0.352. The minimum absolute atomic E-state index is 0.202. The molecule has 28 heavy (non-hydrogen) atoms. The van der Waals surface area contributed by atoms with E-state index in [0.29, 0.717) is 21.8 Å². The summed E-state index contributed by atoms with van der Waals surface area (Å²) < 4.78 is 0. The van der Waals surface area contributed by atoms with Gasteiger partial charge >= 0.3 is 0 Å². The second kappa shape index (κ2) is 8.97. The number of hydrogen-bond acceptors (Lipinski definition) is 3. The van der Waals surface area contributed by atoms with Crippen LogP contribution in [0.15, 0.2) is 77.9 Å². The molecule has 5 nitrogen and oxygen atoms in total. The van der Waals surface area contributed by atoms with Gasteiger partial charge in [0.15, 0.2) is 0 Å². The van der Waals surface area contributed by atoms with E-state index < -0.39 is 0 Å². The lowest BCUT2D eigenvalue weighted by Gasteiger charge is -2.07. The number of nitrogens with zero attached hydrogens (tertiary/aromatic N) is 1. The smallest absolute Gasteiger partial charge is 0.271 e. The number of carbonyl (C=O) groups is 2. The highest BCUT2D eigenvalue weighted by molar-refractivity contribution is 6.30. The number of hydrazone groups is 1. The van der Waals surface area contributed by atoms with E-state index in [0.717, 1.165) is 11.1 Å². The van der Waals surface area contributed by atoms with Gasteiger partial charge in [0.05, 0.1) is 6.21 Å². The maximum Gasteiger partial charge on any atom is 0.271 e. The van der Waals surface area contributed by atoms with Crippen molar-refractivity contribution in [3.63, 3.8) is 0 Å². The molecule has 0 saturated carbocycles. The number of benzene rings is 3. The molecule has 0 atom stereocenters. The lowest BCUT2D eigenvalue weighted by atomic mass is 10.1. The summed E-state index contributed by atoms with van der Waals surface area (Å²) in [6.07, 6.45) is 1.51. The van der Waals surface area contributed by atoms with Crippen LogP contribution in [0.1, 0.15) is 31.8 Å². The van der Waals surface area contributed by atoms with Crippen molar-refractivity contribution in [1.82, 2.24) is 5.43 Å². The molecule has 3 rings (SSSR count). The maximum atomic E-state index is 12.3. The molecule has 0 fully saturated rings. The van der Waals surface area contributed by atoms with Crippen LogP contribution in [0.3, 0.4) is 0 Å². The van der Waals surface area contributed by atoms with Crippen molar-refractivity contribution in [3.05, 3.63) is 100 Å². The molecule has 0 spiro atoms. The number of carbonyl (C=O) groups excluding carboxylic acids is 2. The van der Waals surface area contributed by atoms with E-state index in [1.165, 1.54) is 6.21 Å². The fourth-order valence-corrected chi connectivity index (χ4v) is 2.71. The van der Waals surface area contributed by atoms with Gasteiger partial charge in [0.2, 0.25) is 0 Å². The number of hydrogen-bond donors (Lipinski definition) is 2. The summed E-state index contributed by atoms with van der Waals surface area (Å²) in [5.74, 6) is -0.554. The average molecular weight is 392 g/mol. The number of aryl methyl sites for hydroxylation is 1. The van der Waals surface area contributed by atoms with Gasteiger partial charge in [0.1, 0.15) is 0 Å². The average Bonchev–Trinajstić information content (AvgIpc) is 2.68. The van der Waals surface area contributed by atoms with Crippen LogP contribution < -0.4 is 10.7 Å². The van der Waals surface area contributed by atoms with Gasteiger partial charge < -0.3 is 5.32 Å². The second-order valence-electron chi connectivity index (χ2n) is 6.16. The van der Waals surface area contributed by atoms with E-state index in [4.69, 9.17) is 11.6 Å². The Balaban J connectivity index is 1.59. The van der Waals surface area contributed by atoms with Crippen molar-refractivity contribution in [2.75, 3.05) is 5.32 Å². The summed E-state index contributed by atoms with van der Waals surface area (Å²) in [7, 11) is 0. The number of halogens is 1. The van der Waals surface area contributed by atoms with Crippen molar-refractivity contribution >= 4 is 35.3 Å². The molecular weight excluding hydrogens is 374 g/mol. The lowest BCUT2D eigenvalue weighted by molar-refractivity contribution is 0.0954. The van der Waals surface area contributed by atoms with Gasteiger partial charge in [-0.1, -0.05) is 41.4 Å². The fraction of sp³-hybridized carbons (Fsp3) is 0.0455. The number of amides is 2. The van der Waals surface area contributed by atoms with Crippen LogP contribution >= 0.6 is 11.6 Å². The molecule has 0 bridgehead atoms. The monoisotopic (exact) mass is 391 g/mol. The second-order valence-corrected chi connectivity index (χ2v) is 6.59. The Hall–Kier alpha value is -3.44. The number of anilines is 1. The van der Waals surface area contributed by atoms with E-state index in [9.17, 15) is 9.59 Å². The van der Waals surface area contributed by atoms with Gasteiger partial charge in [-0.3, -0.25) is 9.59 Å². The largest absolute Gasteiger partial charge is 0.322 e. The van der Waals surface area contributed by atoms with E-state index >= 15 is 0 Å². The first-order valence-corrected chi connectivity index (χ1v) is 8.96.